The summed E-state index contributed by atoms with van der Waals surface area (Å²) in [5.41, 5.74) is 27.0. The van der Waals surface area contributed by atoms with Gasteiger partial charge in [0.1, 0.15) is 0 Å². The van der Waals surface area contributed by atoms with Crippen molar-refractivity contribution in [1.29, 1.82) is 0 Å². The molecule has 0 spiro atoms. The van der Waals surface area contributed by atoms with Crippen LogP contribution in [0.5, 0.6) is 0 Å². The minimum atomic E-state index is 0. The SMILES string of the molecule is CC(C)[C@H]1COC(c2[c-]cc[cH-]2)=N1.CC(C)[C@H]1COC(c2[c-]cc[cH-]2)=N1.[Cl][Pd+].[Cl][Pd+].[Fe+2].[Fe+2].c1ccc(-c2c(-c3ccccc3)c(-c3ccccc3)[c-](-c3ccccc3)c2-c2ccccc2)cc1.c1ccc(-c2c(-c3ccccc3)c(-c3ccccc3)[c-](-c3ccccc3)c2-c2ccccc2)cc1. The standard InChI is InChI=1S/2C35H25.2C11H13NO.2ClH.2Fe.2Pd/c2*1-6-16-26(17-7-1)31-32(27-18-8-2-9-19-27)34(29-22-12-4-13-23-29)35(30-24-14-5-15-25-30)33(31)28-20-10-3-11-21-28;2*1-8(2)10-7-13-11(12-10)9-5-3-4-6-9;;;;;;/h2*1-25H;2*3-5,8,10H,7H2,1-2H3;2*1H;;;;/q2*-1;2*-2;;;4*+2/p-2/t;;2*10-;;;;;;/m..11....../s1. The molecule has 0 aromatic heterocycles. The smallest absolute Gasteiger partial charge is 0.0999 e. The Morgan fingerprint density at radius 1 is 0.333 bits per heavy atom. The molecule has 0 N–H and O–H groups in total. The van der Waals surface area contributed by atoms with Crippen molar-refractivity contribution < 1.29 is 80.0 Å². The molecule has 2 heterocycles. The van der Waals surface area contributed by atoms with Gasteiger partial charge >= 0.3 is 89.6 Å². The van der Waals surface area contributed by atoms with Gasteiger partial charge in [-0.25, -0.2) is 11.1 Å². The normalized spacial score (nSPS) is 13.1. The van der Waals surface area contributed by atoms with Gasteiger partial charge in [-0.05, 0) is 34.1 Å². The Hall–Kier alpha value is -8.52. The number of aliphatic imine (C=N–C) groups is 2. The van der Waals surface area contributed by atoms with Crippen LogP contribution in [0, 0.1) is 24.0 Å². The van der Waals surface area contributed by atoms with Crippen LogP contribution in [-0.4, -0.2) is 37.1 Å². The summed E-state index contributed by atoms with van der Waals surface area (Å²) >= 11 is 4.44. The van der Waals surface area contributed by atoms with Crippen LogP contribution in [0.25, 0.3) is 111 Å². The van der Waals surface area contributed by atoms with Crippen molar-refractivity contribution in [2.45, 2.75) is 39.8 Å². The molecule has 2 aliphatic heterocycles. The first-order chi connectivity index (χ1) is 49.4. The number of benzene rings is 10. The first-order valence-corrected chi connectivity index (χ1v) is 37.6. The number of halogens is 2. The molecule has 14 aromatic carbocycles. The van der Waals surface area contributed by atoms with E-state index in [1.807, 2.05) is 36.4 Å². The van der Waals surface area contributed by atoms with E-state index in [2.05, 4.69) is 409 Å². The monoisotopic (exact) mass is 1630 g/mol. The molecule has 2 aliphatic rings. The molecule has 16 rings (SSSR count). The Kier molecular flexibility index (Phi) is 30.3. The molecule has 0 bridgehead atoms. The van der Waals surface area contributed by atoms with Gasteiger partial charge in [-0.15, -0.1) is 0 Å². The third kappa shape index (κ3) is 18.8. The molecule has 516 valence electrons. The van der Waals surface area contributed by atoms with E-state index >= 15 is 0 Å². The van der Waals surface area contributed by atoms with Gasteiger partial charge in [0.05, 0.1) is 25.3 Å². The molecule has 102 heavy (non-hydrogen) atoms. The maximum atomic E-state index is 5.49. The van der Waals surface area contributed by atoms with Gasteiger partial charge in [-0.2, -0.15) is 0 Å². The number of nitrogens with zero attached hydrogens (tertiary/aromatic N) is 2. The van der Waals surface area contributed by atoms with Crippen molar-refractivity contribution in [3.05, 3.63) is 363 Å². The van der Waals surface area contributed by atoms with Crippen LogP contribution in [0.15, 0.2) is 350 Å². The summed E-state index contributed by atoms with van der Waals surface area (Å²) in [4.78, 5) is 8.99. The first kappa shape index (κ1) is 77.6. The van der Waals surface area contributed by atoms with Gasteiger partial charge in [0.2, 0.25) is 0 Å². The molecule has 2 atom stereocenters. The summed E-state index contributed by atoms with van der Waals surface area (Å²) in [6.07, 6.45) is 0. The van der Waals surface area contributed by atoms with Gasteiger partial charge in [0.25, 0.3) is 0 Å². The molecule has 0 radical (unpaired) electrons. The van der Waals surface area contributed by atoms with E-state index in [4.69, 9.17) is 9.47 Å². The fraction of sp³-hybridized carbons (Fsp3) is 0.109. The maximum absolute atomic E-state index is 5.49. The van der Waals surface area contributed by atoms with Crippen molar-refractivity contribution in [3.8, 4) is 111 Å². The van der Waals surface area contributed by atoms with E-state index in [1.165, 1.54) is 111 Å². The van der Waals surface area contributed by atoms with Crippen LogP contribution in [0.4, 0.5) is 0 Å². The van der Waals surface area contributed by atoms with E-state index in [0.29, 0.717) is 37.1 Å². The Morgan fingerprint density at radius 3 is 0.725 bits per heavy atom. The van der Waals surface area contributed by atoms with Gasteiger partial charge in [0.15, 0.2) is 0 Å². The number of hydrogen-bond acceptors (Lipinski definition) is 4. The average Bonchev–Trinajstić information content (AvgIpc) is 1.58. The predicted octanol–water partition coefficient (Wildman–Crippen LogP) is 24.9. The Bertz CT molecular complexity index is 3870. The van der Waals surface area contributed by atoms with Crippen molar-refractivity contribution in [2.75, 3.05) is 13.2 Å². The quantitative estimate of drug-likeness (QED) is 0.0804. The minimum Gasteiger partial charge on any atom is -0.0999 e. The second kappa shape index (κ2) is 39.8. The second-order valence-corrected chi connectivity index (χ2v) is 24.7. The van der Waals surface area contributed by atoms with Gasteiger partial charge in [-0.1, -0.05) is 420 Å². The minimum absolute atomic E-state index is 0. The zero-order valence-electron chi connectivity index (χ0n) is 56.9. The van der Waals surface area contributed by atoms with E-state index in [0.717, 1.165) is 22.9 Å². The largest absolute Gasteiger partial charge is 2.00 e. The van der Waals surface area contributed by atoms with Crippen LogP contribution in [0.1, 0.15) is 38.8 Å². The predicted molar refractivity (Wildman–Crippen MR) is 414 cm³/mol. The van der Waals surface area contributed by atoms with E-state index in [1.54, 1.807) is 0 Å². The molecular weight excluding hydrogens is 1560 g/mol. The Morgan fingerprint density at radius 2 is 0.539 bits per heavy atom. The van der Waals surface area contributed by atoms with Gasteiger partial charge in [0, 0.05) is 11.8 Å². The summed E-state index contributed by atoms with van der Waals surface area (Å²) < 4.78 is 11.0. The molecule has 4 nitrogen and oxygen atoms in total. The van der Waals surface area contributed by atoms with Crippen LogP contribution >= 0.6 is 19.1 Å². The molecular formula is C92H76Cl2Fe2N2O2Pd2. The number of hydrogen-bond donors (Lipinski definition) is 0. The summed E-state index contributed by atoms with van der Waals surface area (Å²) in [7, 11) is 8.98. The number of ether oxygens (including phenoxy) is 2. The molecule has 0 unspecified atom stereocenters. The van der Waals surface area contributed by atoms with Crippen molar-refractivity contribution >= 4 is 30.9 Å². The van der Waals surface area contributed by atoms with E-state index < -0.39 is 0 Å². The summed E-state index contributed by atoms with van der Waals surface area (Å²) in [5, 5.41) is 0. The fourth-order valence-electron chi connectivity index (χ4n) is 12.9. The summed E-state index contributed by atoms with van der Waals surface area (Å²) in [6.45, 7) is 10.1. The van der Waals surface area contributed by atoms with Crippen LogP contribution in [-0.2, 0) is 80.0 Å². The third-order valence-electron chi connectivity index (χ3n) is 17.7. The van der Waals surface area contributed by atoms with E-state index in [9.17, 15) is 0 Å². The second-order valence-electron chi connectivity index (χ2n) is 24.7. The zero-order valence-corrected chi connectivity index (χ0v) is 63.7. The topological polar surface area (TPSA) is 43.2 Å². The molecule has 0 aliphatic carbocycles. The third-order valence-corrected chi connectivity index (χ3v) is 17.7. The fourth-order valence-corrected chi connectivity index (χ4v) is 12.9. The Balaban J connectivity index is 0.000000168. The molecule has 14 aromatic rings. The number of rotatable bonds is 14. The Labute approximate surface area is 653 Å². The van der Waals surface area contributed by atoms with Crippen molar-refractivity contribution in [2.24, 2.45) is 21.8 Å². The van der Waals surface area contributed by atoms with Crippen LogP contribution in [0.3, 0.4) is 0 Å². The summed E-state index contributed by atoms with van der Waals surface area (Å²) in [5.74, 6) is 2.60. The van der Waals surface area contributed by atoms with E-state index in [-0.39, 0.29) is 34.1 Å². The molecule has 0 fully saturated rings. The van der Waals surface area contributed by atoms with Crippen LogP contribution in [0.2, 0.25) is 0 Å². The van der Waals surface area contributed by atoms with Crippen molar-refractivity contribution in [1.82, 2.24) is 0 Å². The maximum Gasteiger partial charge on any atom is 2.00 e. The van der Waals surface area contributed by atoms with Gasteiger partial charge < -0.3 is 19.5 Å². The average molecular weight is 1640 g/mol. The van der Waals surface area contributed by atoms with Crippen LogP contribution < -0.4 is 0 Å². The molecule has 10 heteroatoms. The van der Waals surface area contributed by atoms with Gasteiger partial charge in [-0.3, -0.25) is 48.5 Å². The molecule has 0 saturated carbocycles. The molecule has 0 saturated heterocycles. The molecule has 0 amide bonds. The van der Waals surface area contributed by atoms with Crippen molar-refractivity contribution in [3.63, 3.8) is 0 Å². The zero-order chi connectivity index (χ0) is 69.4. The summed E-state index contributed by atoms with van der Waals surface area (Å²) in [6, 6.07) is 127. The first-order valence-electron chi connectivity index (χ1n) is 33.6.